The van der Waals surface area contributed by atoms with Crippen molar-refractivity contribution in [2.24, 2.45) is 0 Å². The minimum atomic E-state index is 0.378. The van der Waals surface area contributed by atoms with Gasteiger partial charge in [0.05, 0.1) is 0 Å². The van der Waals surface area contributed by atoms with E-state index in [0.717, 1.165) is 5.56 Å². The number of hydrogen-bond donors (Lipinski definition) is 1. The first-order valence-corrected chi connectivity index (χ1v) is 2.92. The van der Waals surface area contributed by atoms with Crippen molar-refractivity contribution in [1.29, 1.82) is 0 Å². The zero-order chi connectivity index (χ0) is 7.56. The van der Waals surface area contributed by atoms with Crippen LogP contribution >= 0.6 is 0 Å². The normalized spacial score (nSPS) is 9.30. The number of carbonyl (C=O) groups excluding carboxylic acids is 1. The lowest BCUT2D eigenvalue weighted by Gasteiger charge is -1.96. The van der Waals surface area contributed by atoms with E-state index in [4.69, 9.17) is 5.73 Å². The number of hydrogen-bond acceptors (Lipinski definition) is 3. The second-order valence-corrected chi connectivity index (χ2v) is 2.06. The molecule has 2 N–H and O–H groups in total. The highest BCUT2D eigenvalue weighted by atomic mass is 16.1. The molecule has 0 fully saturated rings. The van der Waals surface area contributed by atoms with E-state index in [1.807, 2.05) is 6.92 Å². The molecule has 0 aromatic carbocycles. The molecule has 0 aliphatic rings. The average Bonchev–Trinajstić information content (AvgIpc) is 1.95. The zero-order valence-corrected chi connectivity index (χ0v) is 5.66. The van der Waals surface area contributed by atoms with Crippen molar-refractivity contribution in [2.75, 3.05) is 5.73 Å². The number of nitrogens with zero attached hydrogens (tertiary/aromatic N) is 1. The Morgan fingerprint density at radius 1 is 1.60 bits per heavy atom. The molecule has 0 saturated carbocycles. The zero-order valence-electron chi connectivity index (χ0n) is 5.66. The lowest BCUT2D eigenvalue weighted by molar-refractivity contribution is 0.111. The number of aromatic nitrogens is 1. The third-order valence-electron chi connectivity index (χ3n) is 1.28. The third-order valence-corrected chi connectivity index (χ3v) is 1.28. The van der Waals surface area contributed by atoms with E-state index in [9.17, 15) is 4.79 Å². The van der Waals surface area contributed by atoms with Gasteiger partial charge in [-0.05, 0) is 18.6 Å². The van der Waals surface area contributed by atoms with E-state index in [-0.39, 0.29) is 0 Å². The Bertz CT molecular complexity index is 258. The summed E-state index contributed by atoms with van der Waals surface area (Å²) in [5, 5.41) is 0. The van der Waals surface area contributed by atoms with Crippen LogP contribution in [0.4, 0.5) is 5.82 Å². The molecule has 3 heteroatoms. The first-order chi connectivity index (χ1) is 4.74. The van der Waals surface area contributed by atoms with E-state index in [1.54, 1.807) is 12.1 Å². The van der Waals surface area contributed by atoms with Gasteiger partial charge >= 0.3 is 0 Å². The van der Waals surface area contributed by atoms with E-state index in [0.29, 0.717) is 17.8 Å². The van der Waals surface area contributed by atoms with Gasteiger partial charge in [0.15, 0.2) is 6.29 Å². The van der Waals surface area contributed by atoms with Gasteiger partial charge in [0, 0.05) is 0 Å². The molecule has 0 unspecified atom stereocenters. The molecule has 0 atom stereocenters. The van der Waals surface area contributed by atoms with Crippen molar-refractivity contribution in [3.05, 3.63) is 23.4 Å². The third kappa shape index (κ3) is 1.13. The summed E-state index contributed by atoms with van der Waals surface area (Å²) in [5.41, 5.74) is 6.70. The van der Waals surface area contributed by atoms with Crippen molar-refractivity contribution >= 4 is 12.1 Å². The number of rotatable bonds is 1. The van der Waals surface area contributed by atoms with Crippen LogP contribution in [0.25, 0.3) is 0 Å². The van der Waals surface area contributed by atoms with Gasteiger partial charge in [0.2, 0.25) is 0 Å². The maximum absolute atomic E-state index is 10.2. The molecule has 1 heterocycles. The Hall–Kier alpha value is -1.38. The SMILES string of the molecule is Cc1ccc(C=O)nc1N. The summed E-state index contributed by atoms with van der Waals surface area (Å²) in [6.07, 6.45) is 0.676. The Morgan fingerprint density at radius 2 is 2.30 bits per heavy atom. The van der Waals surface area contributed by atoms with Gasteiger partial charge < -0.3 is 5.73 Å². The maximum Gasteiger partial charge on any atom is 0.168 e. The molecule has 0 radical (unpaired) electrons. The van der Waals surface area contributed by atoms with Crippen LogP contribution < -0.4 is 5.73 Å². The van der Waals surface area contributed by atoms with Crippen LogP contribution in [-0.4, -0.2) is 11.3 Å². The molecular formula is C7H8N2O. The molecule has 0 aliphatic carbocycles. The second-order valence-electron chi connectivity index (χ2n) is 2.06. The summed E-state index contributed by atoms with van der Waals surface area (Å²) >= 11 is 0. The predicted octanol–water partition coefficient (Wildman–Crippen LogP) is 0.785. The van der Waals surface area contributed by atoms with Gasteiger partial charge in [-0.3, -0.25) is 4.79 Å². The number of carbonyl (C=O) groups is 1. The highest BCUT2D eigenvalue weighted by Gasteiger charge is 1.94. The summed E-state index contributed by atoms with van der Waals surface area (Å²) < 4.78 is 0. The molecule has 1 rings (SSSR count). The summed E-state index contributed by atoms with van der Waals surface area (Å²) in [5.74, 6) is 0.421. The van der Waals surface area contributed by atoms with Gasteiger partial charge in [0.25, 0.3) is 0 Å². The number of anilines is 1. The van der Waals surface area contributed by atoms with Crippen molar-refractivity contribution in [3.63, 3.8) is 0 Å². The first kappa shape index (κ1) is 6.74. The monoisotopic (exact) mass is 136 g/mol. The Kier molecular flexibility index (Phi) is 1.67. The lowest BCUT2D eigenvalue weighted by atomic mass is 10.2. The number of aryl methyl sites for hydroxylation is 1. The fourth-order valence-electron chi connectivity index (χ4n) is 0.626. The standard InChI is InChI=1S/C7H8N2O/c1-5-2-3-6(4-10)9-7(5)8/h2-4H,1H3,(H2,8,9). The molecule has 0 saturated heterocycles. The predicted molar refractivity (Wildman–Crippen MR) is 38.8 cm³/mol. The van der Waals surface area contributed by atoms with Gasteiger partial charge in [0.1, 0.15) is 11.5 Å². The van der Waals surface area contributed by atoms with Crippen LogP contribution in [-0.2, 0) is 0 Å². The molecule has 3 nitrogen and oxygen atoms in total. The van der Waals surface area contributed by atoms with E-state index < -0.39 is 0 Å². The van der Waals surface area contributed by atoms with Crippen molar-refractivity contribution in [3.8, 4) is 0 Å². The molecule has 0 spiro atoms. The fraction of sp³-hybridized carbons (Fsp3) is 0.143. The second kappa shape index (κ2) is 2.47. The van der Waals surface area contributed by atoms with Crippen molar-refractivity contribution in [1.82, 2.24) is 4.98 Å². The van der Waals surface area contributed by atoms with E-state index in [1.165, 1.54) is 0 Å². The number of pyridine rings is 1. The molecular weight excluding hydrogens is 128 g/mol. The topological polar surface area (TPSA) is 56.0 Å². The maximum atomic E-state index is 10.2. The number of nitrogens with two attached hydrogens (primary N) is 1. The average molecular weight is 136 g/mol. The molecule has 1 aromatic heterocycles. The quantitative estimate of drug-likeness (QED) is 0.580. The van der Waals surface area contributed by atoms with Crippen molar-refractivity contribution in [2.45, 2.75) is 6.92 Å². The van der Waals surface area contributed by atoms with Crippen LogP contribution in [0.15, 0.2) is 12.1 Å². The smallest absolute Gasteiger partial charge is 0.168 e. The van der Waals surface area contributed by atoms with Gasteiger partial charge in [-0.2, -0.15) is 0 Å². The Balaban J connectivity index is 3.16. The van der Waals surface area contributed by atoms with E-state index >= 15 is 0 Å². The largest absolute Gasteiger partial charge is 0.383 e. The minimum Gasteiger partial charge on any atom is -0.383 e. The molecule has 0 aliphatic heterocycles. The van der Waals surface area contributed by atoms with Crippen LogP contribution in [0.3, 0.4) is 0 Å². The highest BCUT2D eigenvalue weighted by molar-refractivity contribution is 5.72. The Morgan fingerprint density at radius 3 is 2.80 bits per heavy atom. The highest BCUT2D eigenvalue weighted by Crippen LogP contribution is 2.05. The molecule has 1 aromatic rings. The van der Waals surface area contributed by atoms with E-state index in [2.05, 4.69) is 4.98 Å². The summed E-state index contributed by atoms with van der Waals surface area (Å²) in [7, 11) is 0. The van der Waals surface area contributed by atoms with Crippen LogP contribution in [0.5, 0.6) is 0 Å². The Labute approximate surface area is 58.9 Å². The first-order valence-electron chi connectivity index (χ1n) is 2.92. The van der Waals surface area contributed by atoms with Gasteiger partial charge in [-0.1, -0.05) is 6.07 Å². The van der Waals surface area contributed by atoms with Gasteiger partial charge in [-0.25, -0.2) is 4.98 Å². The number of aldehydes is 1. The summed E-state index contributed by atoms with van der Waals surface area (Å²) in [4.78, 5) is 14.0. The summed E-state index contributed by atoms with van der Waals surface area (Å²) in [6, 6.07) is 3.41. The van der Waals surface area contributed by atoms with Crippen LogP contribution in [0.2, 0.25) is 0 Å². The van der Waals surface area contributed by atoms with Crippen LogP contribution in [0, 0.1) is 6.92 Å². The molecule has 52 valence electrons. The van der Waals surface area contributed by atoms with Crippen molar-refractivity contribution < 1.29 is 4.79 Å². The minimum absolute atomic E-state index is 0.378. The molecule has 10 heavy (non-hydrogen) atoms. The summed E-state index contributed by atoms with van der Waals surface area (Å²) in [6.45, 7) is 1.84. The molecule has 0 bridgehead atoms. The van der Waals surface area contributed by atoms with Crippen LogP contribution in [0.1, 0.15) is 16.1 Å². The molecule has 0 amide bonds. The van der Waals surface area contributed by atoms with Gasteiger partial charge in [-0.15, -0.1) is 0 Å². The fourth-order valence-corrected chi connectivity index (χ4v) is 0.626. The lowest BCUT2D eigenvalue weighted by Crippen LogP contribution is -1.96. The number of nitrogen functional groups attached to an aromatic ring is 1.